The van der Waals surface area contributed by atoms with E-state index in [-0.39, 0.29) is 0 Å². The Labute approximate surface area is 125 Å². The molecule has 112 valence electrons. The number of ether oxygens (including phenoxy) is 3. The van der Waals surface area contributed by atoms with E-state index in [1.54, 1.807) is 14.2 Å². The Morgan fingerprint density at radius 3 is 2.80 bits per heavy atom. The molecule has 2 atom stereocenters. The third-order valence-electron chi connectivity index (χ3n) is 3.79. The van der Waals surface area contributed by atoms with E-state index in [4.69, 9.17) is 25.8 Å². The molecule has 0 radical (unpaired) electrons. The van der Waals surface area contributed by atoms with Gasteiger partial charge in [-0.15, -0.1) is 0 Å². The SMILES string of the molecule is COc1cc(CNC(C)C2CCOC2)cc(Cl)c1OC. The van der Waals surface area contributed by atoms with E-state index in [0.717, 1.165) is 31.7 Å². The first-order valence-corrected chi connectivity index (χ1v) is 7.25. The average Bonchev–Trinajstić information content (AvgIpc) is 2.98. The normalized spacial score (nSPS) is 19.9. The van der Waals surface area contributed by atoms with Gasteiger partial charge in [-0.2, -0.15) is 0 Å². The van der Waals surface area contributed by atoms with Crippen LogP contribution in [0.25, 0.3) is 0 Å². The lowest BCUT2D eigenvalue weighted by molar-refractivity contribution is 0.178. The summed E-state index contributed by atoms with van der Waals surface area (Å²) in [6.45, 7) is 4.67. The largest absolute Gasteiger partial charge is 0.493 e. The monoisotopic (exact) mass is 299 g/mol. The highest BCUT2D eigenvalue weighted by Crippen LogP contribution is 2.36. The van der Waals surface area contributed by atoms with Gasteiger partial charge in [0, 0.05) is 19.2 Å². The molecule has 1 aromatic carbocycles. The van der Waals surface area contributed by atoms with Crippen molar-refractivity contribution in [3.8, 4) is 11.5 Å². The predicted molar refractivity (Wildman–Crippen MR) is 79.8 cm³/mol. The van der Waals surface area contributed by atoms with Crippen LogP contribution in [0.2, 0.25) is 5.02 Å². The standard InChI is InChI=1S/C15H22ClNO3/c1-10(12-4-5-20-9-12)17-8-11-6-13(16)15(19-3)14(7-11)18-2/h6-7,10,12,17H,4-5,8-9H2,1-3H3. The smallest absolute Gasteiger partial charge is 0.179 e. The Bertz CT molecular complexity index is 447. The van der Waals surface area contributed by atoms with Crippen LogP contribution in [0.4, 0.5) is 0 Å². The molecule has 1 aliphatic heterocycles. The van der Waals surface area contributed by atoms with Crippen LogP contribution < -0.4 is 14.8 Å². The lowest BCUT2D eigenvalue weighted by Gasteiger charge is -2.20. The van der Waals surface area contributed by atoms with Gasteiger partial charge in [0.15, 0.2) is 11.5 Å². The number of nitrogens with one attached hydrogen (secondary N) is 1. The molecule has 1 N–H and O–H groups in total. The zero-order chi connectivity index (χ0) is 14.5. The molecule has 1 aromatic rings. The van der Waals surface area contributed by atoms with Crippen molar-refractivity contribution in [1.29, 1.82) is 0 Å². The molecule has 2 unspecified atom stereocenters. The molecule has 2 rings (SSSR count). The van der Waals surface area contributed by atoms with Crippen molar-refractivity contribution in [1.82, 2.24) is 5.32 Å². The molecule has 1 fully saturated rings. The van der Waals surface area contributed by atoms with Gasteiger partial charge in [-0.3, -0.25) is 0 Å². The van der Waals surface area contributed by atoms with Crippen molar-refractivity contribution in [3.63, 3.8) is 0 Å². The summed E-state index contributed by atoms with van der Waals surface area (Å²) in [5.74, 6) is 1.83. The molecule has 0 aliphatic carbocycles. The molecule has 0 saturated carbocycles. The minimum Gasteiger partial charge on any atom is -0.493 e. The fraction of sp³-hybridized carbons (Fsp3) is 0.600. The van der Waals surface area contributed by atoms with Gasteiger partial charge in [0.2, 0.25) is 0 Å². The summed E-state index contributed by atoms with van der Waals surface area (Å²) in [6, 6.07) is 4.29. The third kappa shape index (κ3) is 3.57. The summed E-state index contributed by atoms with van der Waals surface area (Å²) in [5.41, 5.74) is 1.08. The Hall–Kier alpha value is -0.970. The molecular weight excluding hydrogens is 278 g/mol. The van der Waals surface area contributed by atoms with E-state index in [1.807, 2.05) is 12.1 Å². The number of benzene rings is 1. The molecule has 0 bridgehead atoms. The molecular formula is C15H22ClNO3. The minimum absolute atomic E-state index is 0.421. The van der Waals surface area contributed by atoms with Crippen LogP contribution in [0.3, 0.4) is 0 Å². The number of hydrogen-bond acceptors (Lipinski definition) is 4. The Morgan fingerprint density at radius 1 is 1.40 bits per heavy atom. The average molecular weight is 300 g/mol. The van der Waals surface area contributed by atoms with Crippen molar-refractivity contribution in [2.24, 2.45) is 5.92 Å². The van der Waals surface area contributed by atoms with Crippen molar-refractivity contribution in [2.75, 3.05) is 27.4 Å². The van der Waals surface area contributed by atoms with Crippen LogP contribution in [-0.4, -0.2) is 33.5 Å². The zero-order valence-corrected chi connectivity index (χ0v) is 13.0. The van der Waals surface area contributed by atoms with E-state index in [0.29, 0.717) is 28.5 Å². The highest BCUT2D eigenvalue weighted by atomic mass is 35.5. The Balaban J connectivity index is 2.00. The van der Waals surface area contributed by atoms with Gasteiger partial charge in [-0.25, -0.2) is 0 Å². The zero-order valence-electron chi connectivity index (χ0n) is 12.2. The van der Waals surface area contributed by atoms with E-state index in [1.165, 1.54) is 0 Å². The number of halogens is 1. The van der Waals surface area contributed by atoms with Gasteiger partial charge >= 0.3 is 0 Å². The van der Waals surface area contributed by atoms with E-state index >= 15 is 0 Å². The summed E-state index contributed by atoms with van der Waals surface area (Å²) >= 11 is 6.20. The highest BCUT2D eigenvalue weighted by molar-refractivity contribution is 6.32. The lowest BCUT2D eigenvalue weighted by Crippen LogP contribution is -2.33. The van der Waals surface area contributed by atoms with Crippen LogP contribution in [0.15, 0.2) is 12.1 Å². The fourth-order valence-corrected chi connectivity index (χ4v) is 2.78. The second kappa shape index (κ2) is 7.16. The van der Waals surface area contributed by atoms with Crippen molar-refractivity contribution >= 4 is 11.6 Å². The van der Waals surface area contributed by atoms with E-state index in [2.05, 4.69) is 12.2 Å². The van der Waals surface area contributed by atoms with Crippen molar-refractivity contribution in [3.05, 3.63) is 22.7 Å². The maximum absolute atomic E-state index is 6.20. The maximum Gasteiger partial charge on any atom is 0.179 e. The quantitative estimate of drug-likeness (QED) is 0.877. The van der Waals surface area contributed by atoms with Crippen molar-refractivity contribution in [2.45, 2.75) is 25.9 Å². The van der Waals surface area contributed by atoms with Crippen LogP contribution >= 0.6 is 11.6 Å². The highest BCUT2D eigenvalue weighted by Gasteiger charge is 2.22. The Kier molecular flexibility index (Phi) is 5.52. The van der Waals surface area contributed by atoms with Gasteiger partial charge in [0.1, 0.15) is 0 Å². The van der Waals surface area contributed by atoms with Crippen LogP contribution in [0, 0.1) is 5.92 Å². The molecule has 0 aromatic heterocycles. The third-order valence-corrected chi connectivity index (χ3v) is 4.07. The second-order valence-corrected chi connectivity index (χ2v) is 5.51. The van der Waals surface area contributed by atoms with Gasteiger partial charge in [-0.1, -0.05) is 11.6 Å². The molecule has 0 amide bonds. The Morgan fingerprint density at radius 2 is 2.20 bits per heavy atom. The lowest BCUT2D eigenvalue weighted by atomic mass is 10.0. The predicted octanol–water partition coefficient (Wildman–Crippen LogP) is 2.87. The molecule has 1 heterocycles. The van der Waals surface area contributed by atoms with Gasteiger partial charge in [0.05, 0.1) is 25.8 Å². The van der Waals surface area contributed by atoms with E-state index < -0.39 is 0 Å². The van der Waals surface area contributed by atoms with Crippen LogP contribution in [0.5, 0.6) is 11.5 Å². The van der Waals surface area contributed by atoms with Gasteiger partial charge < -0.3 is 19.5 Å². The maximum atomic E-state index is 6.20. The molecule has 1 aliphatic rings. The summed E-state index contributed by atoms with van der Waals surface area (Å²) in [5, 5.41) is 4.09. The first-order chi connectivity index (χ1) is 9.65. The van der Waals surface area contributed by atoms with Crippen LogP contribution in [0.1, 0.15) is 18.9 Å². The number of rotatable bonds is 6. The molecule has 4 nitrogen and oxygen atoms in total. The molecule has 5 heteroatoms. The summed E-state index contributed by atoms with van der Waals surface area (Å²) < 4.78 is 16.0. The van der Waals surface area contributed by atoms with Crippen molar-refractivity contribution < 1.29 is 14.2 Å². The van der Waals surface area contributed by atoms with Gasteiger partial charge in [0.25, 0.3) is 0 Å². The summed E-state index contributed by atoms with van der Waals surface area (Å²) in [7, 11) is 3.20. The topological polar surface area (TPSA) is 39.7 Å². The summed E-state index contributed by atoms with van der Waals surface area (Å²) in [4.78, 5) is 0. The van der Waals surface area contributed by atoms with Gasteiger partial charge in [-0.05, 0) is 37.0 Å². The second-order valence-electron chi connectivity index (χ2n) is 5.11. The number of methoxy groups -OCH3 is 2. The first-order valence-electron chi connectivity index (χ1n) is 6.87. The minimum atomic E-state index is 0.421. The molecule has 0 spiro atoms. The number of hydrogen-bond donors (Lipinski definition) is 1. The molecule has 20 heavy (non-hydrogen) atoms. The van der Waals surface area contributed by atoms with Crippen LogP contribution in [-0.2, 0) is 11.3 Å². The summed E-state index contributed by atoms with van der Waals surface area (Å²) in [6.07, 6.45) is 1.13. The first kappa shape index (κ1) is 15.4. The fourth-order valence-electron chi connectivity index (χ4n) is 2.47. The molecule has 1 saturated heterocycles. The van der Waals surface area contributed by atoms with E-state index in [9.17, 15) is 0 Å².